The van der Waals surface area contributed by atoms with Crippen LogP contribution in [-0.2, 0) is 20.7 Å². The molecular formula is C25H31N5O5S. The zero-order valence-corrected chi connectivity index (χ0v) is 21.4. The summed E-state index contributed by atoms with van der Waals surface area (Å²) in [4.78, 5) is 59.5. The second-order valence-electron chi connectivity index (χ2n) is 8.97. The van der Waals surface area contributed by atoms with Gasteiger partial charge in [0.2, 0.25) is 11.8 Å². The Hall–Kier alpha value is -3.47. The SMILES string of the molecule is CCOC(=O)N1CCN(C(=O)Cc2csc(NC(=O)CN(C(=O)c3ccc(C)cc3)C3CC3)n2)CC1. The maximum atomic E-state index is 13.0. The van der Waals surface area contributed by atoms with Crippen molar-refractivity contribution in [3.63, 3.8) is 0 Å². The molecule has 10 nitrogen and oxygen atoms in total. The van der Waals surface area contributed by atoms with Crippen molar-refractivity contribution >= 4 is 40.3 Å². The standard InChI is InChI=1S/C25H31N5O5S/c1-3-35-25(34)29-12-10-28(11-13-29)22(32)14-19-16-36-24(26-19)27-21(31)15-30(20-8-9-20)23(33)18-6-4-17(2)5-7-18/h4-7,16,20H,3,8-15H2,1-2H3,(H,26,27,31). The molecule has 11 heteroatoms. The van der Waals surface area contributed by atoms with E-state index in [0.29, 0.717) is 49.2 Å². The van der Waals surface area contributed by atoms with Crippen molar-refractivity contribution in [3.05, 3.63) is 46.5 Å². The molecule has 1 N–H and O–H groups in total. The maximum Gasteiger partial charge on any atom is 0.409 e. The number of nitrogens with zero attached hydrogens (tertiary/aromatic N) is 4. The van der Waals surface area contributed by atoms with Crippen molar-refractivity contribution in [1.82, 2.24) is 19.7 Å². The van der Waals surface area contributed by atoms with E-state index in [2.05, 4.69) is 10.3 Å². The van der Waals surface area contributed by atoms with Gasteiger partial charge in [0.25, 0.3) is 5.91 Å². The molecule has 0 spiro atoms. The van der Waals surface area contributed by atoms with Crippen molar-refractivity contribution in [2.24, 2.45) is 0 Å². The molecule has 2 fully saturated rings. The summed E-state index contributed by atoms with van der Waals surface area (Å²) in [6, 6.07) is 7.42. The van der Waals surface area contributed by atoms with Gasteiger partial charge in [0.05, 0.1) is 18.7 Å². The van der Waals surface area contributed by atoms with E-state index >= 15 is 0 Å². The molecule has 1 aromatic heterocycles. The summed E-state index contributed by atoms with van der Waals surface area (Å²) in [7, 11) is 0. The molecule has 1 saturated carbocycles. The van der Waals surface area contributed by atoms with Crippen LogP contribution < -0.4 is 5.32 Å². The van der Waals surface area contributed by atoms with Crippen LogP contribution >= 0.6 is 11.3 Å². The lowest BCUT2D eigenvalue weighted by Crippen LogP contribution is -2.51. The summed E-state index contributed by atoms with van der Waals surface area (Å²) in [6.07, 6.45) is 1.54. The van der Waals surface area contributed by atoms with E-state index in [0.717, 1.165) is 18.4 Å². The molecule has 4 rings (SSSR count). The third-order valence-electron chi connectivity index (χ3n) is 6.15. The molecule has 0 radical (unpaired) electrons. The highest BCUT2D eigenvalue weighted by atomic mass is 32.1. The van der Waals surface area contributed by atoms with Gasteiger partial charge in [-0.15, -0.1) is 11.3 Å². The van der Waals surface area contributed by atoms with Crippen LogP contribution in [0.2, 0.25) is 0 Å². The molecule has 2 aromatic rings. The molecule has 192 valence electrons. The first-order valence-electron chi connectivity index (χ1n) is 12.2. The van der Waals surface area contributed by atoms with Crippen molar-refractivity contribution in [2.45, 2.75) is 39.2 Å². The van der Waals surface area contributed by atoms with E-state index in [9.17, 15) is 19.2 Å². The zero-order chi connectivity index (χ0) is 25.7. The summed E-state index contributed by atoms with van der Waals surface area (Å²) in [5, 5.41) is 4.91. The second-order valence-corrected chi connectivity index (χ2v) is 9.82. The fourth-order valence-corrected chi connectivity index (χ4v) is 4.72. The average Bonchev–Trinajstić information content (AvgIpc) is 3.63. The molecular weight excluding hydrogens is 482 g/mol. The molecule has 2 heterocycles. The predicted molar refractivity (Wildman–Crippen MR) is 135 cm³/mol. The monoisotopic (exact) mass is 513 g/mol. The van der Waals surface area contributed by atoms with E-state index in [1.54, 1.807) is 39.1 Å². The Kier molecular flexibility index (Phi) is 8.19. The van der Waals surface area contributed by atoms with Gasteiger partial charge >= 0.3 is 6.09 Å². The Morgan fingerprint density at radius 1 is 1.08 bits per heavy atom. The first-order chi connectivity index (χ1) is 17.3. The van der Waals surface area contributed by atoms with Crippen molar-refractivity contribution in [3.8, 4) is 0 Å². The minimum Gasteiger partial charge on any atom is -0.450 e. The summed E-state index contributed by atoms with van der Waals surface area (Å²) in [6.45, 7) is 5.75. The van der Waals surface area contributed by atoms with Crippen LogP contribution in [0.5, 0.6) is 0 Å². The lowest BCUT2D eigenvalue weighted by molar-refractivity contribution is -0.132. The van der Waals surface area contributed by atoms with Gasteiger partial charge in [0.1, 0.15) is 6.54 Å². The summed E-state index contributed by atoms with van der Waals surface area (Å²) >= 11 is 1.25. The lowest BCUT2D eigenvalue weighted by Gasteiger charge is -2.34. The van der Waals surface area contributed by atoms with Gasteiger partial charge in [-0.2, -0.15) is 0 Å². The van der Waals surface area contributed by atoms with Crippen LogP contribution in [0.1, 0.15) is 41.4 Å². The first-order valence-corrected chi connectivity index (χ1v) is 13.0. The summed E-state index contributed by atoms with van der Waals surface area (Å²) in [5.41, 5.74) is 2.21. The van der Waals surface area contributed by atoms with Gasteiger partial charge in [0.15, 0.2) is 5.13 Å². The van der Waals surface area contributed by atoms with Crippen LogP contribution in [0.4, 0.5) is 9.93 Å². The number of piperazine rings is 1. The van der Waals surface area contributed by atoms with Crippen LogP contribution in [0, 0.1) is 6.92 Å². The Morgan fingerprint density at radius 2 is 1.75 bits per heavy atom. The first kappa shape index (κ1) is 25.6. The van der Waals surface area contributed by atoms with E-state index in [1.165, 1.54) is 11.3 Å². The van der Waals surface area contributed by atoms with Gasteiger partial charge in [-0.05, 0) is 38.8 Å². The Labute approximate surface area is 214 Å². The average molecular weight is 514 g/mol. The molecule has 1 saturated heterocycles. The number of nitrogens with one attached hydrogen (secondary N) is 1. The number of carbonyl (C=O) groups excluding carboxylic acids is 4. The van der Waals surface area contributed by atoms with Crippen molar-refractivity contribution in [2.75, 3.05) is 44.6 Å². The number of thiazole rings is 1. The minimum atomic E-state index is -0.356. The highest BCUT2D eigenvalue weighted by molar-refractivity contribution is 7.13. The molecule has 36 heavy (non-hydrogen) atoms. The summed E-state index contributed by atoms with van der Waals surface area (Å²) < 4.78 is 5.01. The normalized spacial score (nSPS) is 15.4. The number of hydrogen-bond donors (Lipinski definition) is 1. The fraction of sp³-hybridized carbons (Fsp3) is 0.480. The van der Waals surface area contributed by atoms with E-state index in [4.69, 9.17) is 4.74 Å². The quantitative estimate of drug-likeness (QED) is 0.581. The van der Waals surface area contributed by atoms with Crippen LogP contribution in [0.15, 0.2) is 29.6 Å². The number of hydrogen-bond acceptors (Lipinski definition) is 7. The fourth-order valence-electron chi connectivity index (χ4n) is 3.99. The summed E-state index contributed by atoms with van der Waals surface area (Å²) in [5.74, 6) is -0.545. The predicted octanol–water partition coefficient (Wildman–Crippen LogP) is 2.54. The smallest absolute Gasteiger partial charge is 0.409 e. The zero-order valence-electron chi connectivity index (χ0n) is 20.6. The van der Waals surface area contributed by atoms with E-state index in [1.807, 2.05) is 19.1 Å². The van der Waals surface area contributed by atoms with Crippen molar-refractivity contribution in [1.29, 1.82) is 0 Å². The molecule has 1 aromatic carbocycles. The van der Waals surface area contributed by atoms with Crippen molar-refractivity contribution < 1.29 is 23.9 Å². The number of rotatable bonds is 8. The number of ether oxygens (including phenoxy) is 1. The van der Waals surface area contributed by atoms with Gasteiger partial charge in [-0.25, -0.2) is 9.78 Å². The number of aryl methyl sites for hydroxylation is 1. The molecule has 1 aliphatic carbocycles. The van der Waals surface area contributed by atoms with Gasteiger partial charge in [0, 0.05) is 43.2 Å². The highest BCUT2D eigenvalue weighted by Crippen LogP contribution is 2.28. The van der Waals surface area contributed by atoms with E-state index in [-0.39, 0.29) is 42.8 Å². The van der Waals surface area contributed by atoms with Crippen LogP contribution in [-0.4, -0.2) is 88.9 Å². The number of amides is 4. The topological polar surface area (TPSA) is 112 Å². The highest BCUT2D eigenvalue weighted by Gasteiger charge is 2.34. The molecule has 4 amide bonds. The third kappa shape index (κ3) is 6.60. The third-order valence-corrected chi connectivity index (χ3v) is 6.96. The molecule has 0 bridgehead atoms. The Bertz CT molecular complexity index is 1110. The number of carbonyl (C=O) groups is 4. The Balaban J connectivity index is 1.27. The molecule has 0 unspecified atom stereocenters. The second kappa shape index (κ2) is 11.5. The van der Waals surface area contributed by atoms with Crippen LogP contribution in [0.25, 0.3) is 0 Å². The molecule has 1 aliphatic heterocycles. The number of aromatic nitrogens is 1. The molecule has 2 aliphatic rings. The Morgan fingerprint density at radius 3 is 2.39 bits per heavy atom. The number of anilines is 1. The minimum absolute atomic E-state index is 0.0457. The van der Waals surface area contributed by atoms with Gasteiger partial charge < -0.3 is 24.8 Å². The van der Waals surface area contributed by atoms with E-state index < -0.39 is 0 Å². The molecule has 0 atom stereocenters. The maximum absolute atomic E-state index is 13.0. The number of benzene rings is 1. The lowest BCUT2D eigenvalue weighted by atomic mass is 10.1. The largest absolute Gasteiger partial charge is 0.450 e. The van der Waals surface area contributed by atoms with Crippen LogP contribution in [0.3, 0.4) is 0 Å². The van der Waals surface area contributed by atoms with Gasteiger partial charge in [-0.1, -0.05) is 17.7 Å². The van der Waals surface area contributed by atoms with Gasteiger partial charge in [-0.3, -0.25) is 14.4 Å².